The molecule has 2 aromatic rings. The number of pyridine rings is 1. The maximum Gasteiger partial charge on any atom is 0.496 e. The summed E-state index contributed by atoms with van der Waals surface area (Å²) >= 11 is 0. The first kappa shape index (κ1) is 15.1. The first-order valence-corrected chi connectivity index (χ1v) is 7.16. The molecular formula is C15H19BN2O4. The van der Waals surface area contributed by atoms with Gasteiger partial charge in [-0.25, -0.2) is 9.78 Å². The van der Waals surface area contributed by atoms with Crippen molar-refractivity contribution in [3.8, 4) is 0 Å². The van der Waals surface area contributed by atoms with E-state index in [0.29, 0.717) is 11.3 Å². The molecule has 3 heterocycles. The average molecular weight is 302 g/mol. The number of fused-ring (bicyclic) bond motifs is 1. The number of hydrogen-bond acceptors (Lipinski definition) is 5. The zero-order valence-corrected chi connectivity index (χ0v) is 13.4. The Labute approximate surface area is 129 Å². The number of imidazole rings is 1. The first-order chi connectivity index (χ1) is 10.2. The summed E-state index contributed by atoms with van der Waals surface area (Å²) in [6.45, 7) is 8.01. The molecule has 0 N–H and O–H groups in total. The number of aromatic nitrogens is 2. The SMILES string of the molecule is COC(=O)c1cnc2ccc(B3OC(C)(C)C(C)(C)O3)cn12. The molecule has 0 aliphatic carbocycles. The van der Waals surface area contributed by atoms with Gasteiger partial charge in [0.15, 0.2) is 5.69 Å². The van der Waals surface area contributed by atoms with Crippen molar-refractivity contribution in [2.45, 2.75) is 38.9 Å². The number of esters is 1. The third-order valence-electron chi connectivity index (χ3n) is 4.45. The molecule has 0 aromatic carbocycles. The van der Waals surface area contributed by atoms with Crippen LogP contribution in [0.25, 0.3) is 5.65 Å². The third kappa shape index (κ3) is 2.21. The van der Waals surface area contributed by atoms with Crippen LogP contribution in [0.2, 0.25) is 0 Å². The van der Waals surface area contributed by atoms with Crippen LogP contribution in [0.1, 0.15) is 38.2 Å². The van der Waals surface area contributed by atoms with Gasteiger partial charge in [0.2, 0.25) is 0 Å². The number of carbonyl (C=O) groups is 1. The van der Waals surface area contributed by atoms with Crippen molar-refractivity contribution in [1.82, 2.24) is 9.38 Å². The molecule has 6 nitrogen and oxygen atoms in total. The zero-order valence-electron chi connectivity index (χ0n) is 13.4. The molecule has 0 unspecified atom stereocenters. The highest BCUT2D eigenvalue weighted by molar-refractivity contribution is 6.62. The highest BCUT2D eigenvalue weighted by atomic mass is 16.7. The molecule has 1 saturated heterocycles. The van der Waals surface area contributed by atoms with Gasteiger partial charge in [-0.1, -0.05) is 6.07 Å². The molecule has 1 aliphatic heterocycles. The average Bonchev–Trinajstić information content (AvgIpc) is 2.96. The second-order valence-corrected chi connectivity index (χ2v) is 6.41. The molecule has 0 bridgehead atoms. The molecule has 0 radical (unpaired) electrons. The maximum absolute atomic E-state index is 11.8. The number of carbonyl (C=O) groups excluding carboxylic acids is 1. The Morgan fingerprint density at radius 2 is 1.86 bits per heavy atom. The van der Waals surface area contributed by atoms with Crippen molar-refractivity contribution in [2.24, 2.45) is 0 Å². The van der Waals surface area contributed by atoms with E-state index in [2.05, 4.69) is 4.98 Å². The van der Waals surface area contributed by atoms with Crippen molar-refractivity contribution in [3.63, 3.8) is 0 Å². The topological polar surface area (TPSA) is 62.1 Å². The van der Waals surface area contributed by atoms with E-state index in [9.17, 15) is 4.79 Å². The second kappa shape index (κ2) is 4.82. The van der Waals surface area contributed by atoms with E-state index in [1.54, 1.807) is 10.6 Å². The van der Waals surface area contributed by atoms with Crippen molar-refractivity contribution in [2.75, 3.05) is 7.11 Å². The molecule has 1 fully saturated rings. The Morgan fingerprint density at radius 3 is 2.45 bits per heavy atom. The Hall–Kier alpha value is -1.86. The van der Waals surface area contributed by atoms with Gasteiger partial charge >= 0.3 is 13.1 Å². The molecule has 22 heavy (non-hydrogen) atoms. The molecule has 116 valence electrons. The van der Waals surface area contributed by atoms with E-state index in [4.69, 9.17) is 14.0 Å². The fourth-order valence-corrected chi connectivity index (χ4v) is 2.37. The lowest BCUT2D eigenvalue weighted by molar-refractivity contribution is 0.00578. The van der Waals surface area contributed by atoms with Gasteiger partial charge in [-0.2, -0.15) is 0 Å². The van der Waals surface area contributed by atoms with Crippen LogP contribution in [0, 0.1) is 0 Å². The fraction of sp³-hybridized carbons (Fsp3) is 0.467. The Kier molecular flexibility index (Phi) is 3.30. The summed E-state index contributed by atoms with van der Waals surface area (Å²) < 4.78 is 18.5. The van der Waals surface area contributed by atoms with E-state index >= 15 is 0 Å². The van der Waals surface area contributed by atoms with Crippen molar-refractivity contribution in [3.05, 3.63) is 30.2 Å². The minimum atomic E-state index is -0.484. The number of rotatable bonds is 2. The molecule has 0 spiro atoms. The Balaban J connectivity index is 2.01. The van der Waals surface area contributed by atoms with Crippen LogP contribution in [-0.2, 0) is 14.0 Å². The molecule has 2 aromatic heterocycles. The summed E-state index contributed by atoms with van der Waals surface area (Å²) in [6.07, 6.45) is 3.30. The summed E-state index contributed by atoms with van der Waals surface area (Å²) in [5.41, 5.74) is 1.05. The van der Waals surface area contributed by atoms with Gasteiger partial charge in [-0.05, 0) is 39.2 Å². The summed E-state index contributed by atoms with van der Waals surface area (Å²) in [5, 5.41) is 0. The second-order valence-electron chi connectivity index (χ2n) is 6.41. The van der Waals surface area contributed by atoms with Crippen LogP contribution >= 0.6 is 0 Å². The lowest BCUT2D eigenvalue weighted by Gasteiger charge is -2.32. The smallest absolute Gasteiger partial charge is 0.464 e. The van der Waals surface area contributed by atoms with Crippen LogP contribution in [0.3, 0.4) is 0 Å². The van der Waals surface area contributed by atoms with E-state index in [0.717, 1.165) is 5.46 Å². The van der Waals surface area contributed by atoms with Gasteiger partial charge in [-0.15, -0.1) is 0 Å². The van der Waals surface area contributed by atoms with Crippen molar-refractivity contribution in [1.29, 1.82) is 0 Å². The lowest BCUT2D eigenvalue weighted by Crippen LogP contribution is -2.41. The summed E-state index contributed by atoms with van der Waals surface area (Å²) in [4.78, 5) is 16.0. The van der Waals surface area contributed by atoms with E-state index in [1.165, 1.54) is 13.3 Å². The van der Waals surface area contributed by atoms with Crippen LogP contribution in [0.15, 0.2) is 24.5 Å². The summed E-state index contributed by atoms with van der Waals surface area (Å²) in [5.74, 6) is -0.432. The predicted molar refractivity (Wildman–Crippen MR) is 82.2 cm³/mol. The van der Waals surface area contributed by atoms with E-state index < -0.39 is 24.3 Å². The van der Waals surface area contributed by atoms with E-state index in [-0.39, 0.29) is 0 Å². The molecule has 7 heteroatoms. The normalized spacial score (nSPS) is 19.6. The van der Waals surface area contributed by atoms with Crippen LogP contribution < -0.4 is 5.46 Å². The van der Waals surface area contributed by atoms with Crippen LogP contribution in [-0.4, -0.2) is 40.8 Å². The molecule has 1 aliphatic rings. The fourth-order valence-electron chi connectivity index (χ4n) is 2.37. The van der Waals surface area contributed by atoms with Gasteiger partial charge in [0, 0.05) is 6.20 Å². The minimum Gasteiger partial charge on any atom is -0.464 e. The van der Waals surface area contributed by atoms with Gasteiger partial charge in [-0.3, -0.25) is 4.40 Å². The standard InChI is InChI=1S/C15H19BN2O4/c1-14(2)15(3,4)22-16(21-14)10-6-7-12-17-8-11(13(19)20-5)18(12)9-10/h6-9H,1-5H3. The van der Waals surface area contributed by atoms with Crippen molar-refractivity contribution < 1.29 is 18.8 Å². The van der Waals surface area contributed by atoms with Crippen LogP contribution in [0.5, 0.6) is 0 Å². The minimum absolute atomic E-state index is 0.371. The summed E-state index contributed by atoms with van der Waals surface area (Å²) in [6, 6.07) is 3.72. The lowest BCUT2D eigenvalue weighted by atomic mass is 9.80. The van der Waals surface area contributed by atoms with Gasteiger partial charge < -0.3 is 14.0 Å². The first-order valence-electron chi connectivity index (χ1n) is 7.16. The Morgan fingerprint density at radius 1 is 1.23 bits per heavy atom. The molecule has 0 atom stereocenters. The summed E-state index contributed by atoms with van der Waals surface area (Å²) in [7, 11) is 0.863. The predicted octanol–water partition coefficient (Wildman–Crippen LogP) is 1.42. The molecule has 3 rings (SSSR count). The quantitative estimate of drug-likeness (QED) is 0.620. The maximum atomic E-state index is 11.8. The van der Waals surface area contributed by atoms with Gasteiger partial charge in [0.25, 0.3) is 0 Å². The van der Waals surface area contributed by atoms with Gasteiger partial charge in [0.1, 0.15) is 5.65 Å². The van der Waals surface area contributed by atoms with Crippen molar-refractivity contribution >= 4 is 24.2 Å². The molecule has 0 saturated carbocycles. The van der Waals surface area contributed by atoms with Crippen LogP contribution in [0.4, 0.5) is 0 Å². The zero-order chi connectivity index (χ0) is 16.1. The molecular weight excluding hydrogens is 283 g/mol. The molecule has 0 amide bonds. The highest BCUT2D eigenvalue weighted by Gasteiger charge is 2.51. The number of methoxy groups -OCH3 is 1. The van der Waals surface area contributed by atoms with E-state index in [1.807, 2.05) is 39.8 Å². The number of ether oxygens (including phenoxy) is 1. The number of hydrogen-bond donors (Lipinski definition) is 0. The largest absolute Gasteiger partial charge is 0.496 e. The number of nitrogens with zero attached hydrogens (tertiary/aromatic N) is 2. The monoisotopic (exact) mass is 302 g/mol. The third-order valence-corrected chi connectivity index (χ3v) is 4.45. The Bertz CT molecular complexity index is 722. The highest BCUT2D eigenvalue weighted by Crippen LogP contribution is 2.36. The van der Waals surface area contributed by atoms with Gasteiger partial charge in [0.05, 0.1) is 24.5 Å².